The van der Waals surface area contributed by atoms with Gasteiger partial charge in [-0.1, -0.05) is 27.2 Å². The van der Waals surface area contributed by atoms with Crippen molar-refractivity contribution in [3.05, 3.63) is 0 Å². The summed E-state index contributed by atoms with van der Waals surface area (Å²) in [6, 6.07) is 0. The quantitative estimate of drug-likeness (QED) is 0.615. The molecule has 0 aliphatic heterocycles. The summed E-state index contributed by atoms with van der Waals surface area (Å²) in [4.78, 5) is 0. The molecular weight excluding hydrogens is 148 g/mol. The maximum atomic E-state index is 5.67. The molecule has 0 rings (SSSR count). The van der Waals surface area contributed by atoms with E-state index in [4.69, 9.17) is 4.74 Å². The molecule has 0 N–H and O–H groups in total. The van der Waals surface area contributed by atoms with Gasteiger partial charge in [0.2, 0.25) is 0 Å². The average molecular weight is 172 g/mol. The van der Waals surface area contributed by atoms with E-state index in [9.17, 15) is 0 Å². The molecule has 0 saturated carbocycles. The minimum absolute atomic E-state index is 0.0360. The van der Waals surface area contributed by atoms with Gasteiger partial charge in [-0.05, 0) is 32.6 Å². The van der Waals surface area contributed by atoms with E-state index in [1.807, 2.05) is 0 Å². The Balaban J connectivity index is 4.04. The van der Waals surface area contributed by atoms with Crippen LogP contribution in [0.1, 0.15) is 54.4 Å². The summed E-state index contributed by atoms with van der Waals surface area (Å²) >= 11 is 0. The molecule has 0 radical (unpaired) electrons. The number of rotatable bonds is 5. The summed E-state index contributed by atoms with van der Waals surface area (Å²) in [5, 5.41) is 0. The Morgan fingerprint density at radius 1 is 1.00 bits per heavy atom. The van der Waals surface area contributed by atoms with E-state index >= 15 is 0 Å². The predicted octanol–water partition coefficient (Wildman–Crippen LogP) is 3.63. The van der Waals surface area contributed by atoms with Crippen molar-refractivity contribution in [2.75, 3.05) is 6.61 Å². The van der Waals surface area contributed by atoms with Gasteiger partial charge in [-0.25, -0.2) is 0 Å². The monoisotopic (exact) mass is 172 g/mol. The van der Waals surface area contributed by atoms with Crippen molar-refractivity contribution < 1.29 is 4.74 Å². The Kier molecular flexibility index (Phi) is 4.25. The van der Waals surface area contributed by atoms with E-state index in [2.05, 4.69) is 41.5 Å². The van der Waals surface area contributed by atoms with E-state index < -0.39 is 0 Å². The molecule has 12 heavy (non-hydrogen) atoms. The summed E-state index contributed by atoms with van der Waals surface area (Å²) in [6.07, 6.45) is 2.34. The van der Waals surface area contributed by atoms with Gasteiger partial charge >= 0.3 is 0 Å². The number of hydrogen-bond donors (Lipinski definition) is 0. The average Bonchev–Trinajstić information content (AvgIpc) is 1.85. The van der Waals surface area contributed by atoms with Crippen LogP contribution in [0.15, 0.2) is 0 Å². The van der Waals surface area contributed by atoms with Gasteiger partial charge in [0.25, 0.3) is 0 Å². The van der Waals surface area contributed by atoms with E-state index in [0.29, 0.717) is 5.41 Å². The molecule has 0 aromatic heterocycles. The minimum Gasteiger partial charge on any atom is -0.376 e. The van der Waals surface area contributed by atoms with E-state index in [1.165, 1.54) is 6.42 Å². The highest BCUT2D eigenvalue weighted by molar-refractivity contribution is 4.78. The van der Waals surface area contributed by atoms with Gasteiger partial charge in [-0.2, -0.15) is 0 Å². The third-order valence-electron chi connectivity index (χ3n) is 2.40. The normalized spacial score (nSPS) is 13.5. The first-order chi connectivity index (χ1) is 5.33. The van der Waals surface area contributed by atoms with E-state index in [1.54, 1.807) is 0 Å². The SMILES string of the molecule is CCOC(C)(C)CC(C)(C)CC. The lowest BCUT2D eigenvalue weighted by atomic mass is 9.80. The number of ether oxygens (including phenoxy) is 1. The molecular formula is C11H24O. The van der Waals surface area contributed by atoms with Crippen LogP contribution in [0, 0.1) is 5.41 Å². The predicted molar refractivity (Wildman–Crippen MR) is 54.4 cm³/mol. The highest BCUT2D eigenvalue weighted by atomic mass is 16.5. The fourth-order valence-electron chi connectivity index (χ4n) is 1.72. The van der Waals surface area contributed by atoms with Crippen molar-refractivity contribution >= 4 is 0 Å². The van der Waals surface area contributed by atoms with Crippen molar-refractivity contribution in [2.45, 2.75) is 60.0 Å². The second-order valence-corrected chi connectivity index (χ2v) is 4.89. The van der Waals surface area contributed by atoms with Gasteiger partial charge in [0.15, 0.2) is 0 Å². The smallest absolute Gasteiger partial charge is 0.0631 e. The molecule has 0 bridgehead atoms. The van der Waals surface area contributed by atoms with Gasteiger partial charge in [0, 0.05) is 6.61 Å². The van der Waals surface area contributed by atoms with E-state index in [0.717, 1.165) is 13.0 Å². The molecule has 0 aliphatic rings. The van der Waals surface area contributed by atoms with Crippen molar-refractivity contribution in [1.82, 2.24) is 0 Å². The zero-order chi connectivity index (χ0) is 9.83. The topological polar surface area (TPSA) is 9.23 Å². The first-order valence-electron chi connectivity index (χ1n) is 4.97. The third-order valence-corrected chi connectivity index (χ3v) is 2.40. The van der Waals surface area contributed by atoms with Gasteiger partial charge in [-0.15, -0.1) is 0 Å². The second-order valence-electron chi connectivity index (χ2n) is 4.89. The van der Waals surface area contributed by atoms with Crippen LogP contribution in [0.2, 0.25) is 0 Å². The summed E-state index contributed by atoms with van der Waals surface area (Å²) < 4.78 is 5.67. The van der Waals surface area contributed by atoms with Crippen LogP contribution in [0.5, 0.6) is 0 Å². The Labute approximate surface area is 77.5 Å². The molecule has 0 fully saturated rings. The van der Waals surface area contributed by atoms with Crippen LogP contribution in [0.4, 0.5) is 0 Å². The number of hydrogen-bond acceptors (Lipinski definition) is 1. The van der Waals surface area contributed by atoms with Crippen LogP contribution < -0.4 is 0 Å². The first kappa shape index (κ1) is 12.0. The molecule has 0 heterocycles. The van der Waals surface area contributed by atoms with Crippen molar-refractivity contribution in [2.24, 2.45) is 5.41 Å². The maximum absolute atomic E-state index is 5.67. The zero-order valence-electron chi connectivity index (χ0n) is 9.53. The lowest BCUT2D eigenvalue weighted by Crippen LogP contribution is -2.31. The van der Waals surface area contributed by atoms with Crippen LogP contribution in [0.3, 0.4) is 0 Å². The van der Waals surface area contributed by atoms with Crippen molar-refractivity contribution in [3.63, 3.8) is 0 Å². The molecule has 74 valence electrons. The molecule has 0 aliphatic carbocycles. The first-order valence-corrected chi connectivity index (χ1v) is 4.97. The fraction of sp³-hybridized carbons (Fsp3) is 1.00. The zero-order valence-corrected chi connectivity index (χ0v) is 9.53. The molecule has 0 unspecified atom stereocenters. The lowest BCUT2D eigenvalue weighted by molar-refractivity contribution is -0.0402. The van der Waals surface area contributed by atoms with Gasteiger partial charge in [-0.3, -0.25) is 0 Å². The maximum Gasteiger partial charge on any atom is 0.0631 e. The molecule has 0 spiro atoms. The highest BCUT2D eigenvalue weighted by Crippen LogP contribution is 2.32. The van der Waals surface area contributed by atoms with Crippen molar-refractivity contribution in [1.29, 1.82) is 0 Å². The summed E-state index contributed by atoms with van der Waals surface area (Å²) in [7, 11) is 0. The molecule has 1 heteroatoms. The molecule has 0 aromatic rings. The van der Waals surface area contributed by atoms with Crippen LogP contribution in [-0.2, 0) is 4.74 Å². The molecule has 0 saturated heterocycles. The van der Waals surface area contributed by atoms with Crippen molar-refractivity contribution in [3.8, 4) is 0 Å². The second kappa shape index (κ2) is 4.27. The van der Waals surface area contributed by atoms with Crippen LogP contribution >= 0.6 is 0 Å². The van der Waals surface area contributed by atoms with Gasteiger partial charge in [0.05, 0.1) is 5.60 Å². The third kappa shape index (κ3) is 4.76. The Hall–Kier alpha value is -0.0400. The fourth-order valence-corrected chi connectivity index (χ4v) is 1.72. The van der Waals surface area contributed by atoms with Gasteiger partial charge in [0.1, 0.15) is 0 Å². The molecule has 1 nitrogen and oxygen atoms in total. The largest absolute Gasteiger partial charge is 0.376 e. The molecule has 0 amide bonds. The Morgan fingerprint density at radius 2 is 1.50 bits per heavy atom. The summed E-state index contributed by atoms with van der Waals surface area (Å²) in [5.41, 5.74) is 0.437. The highest BCUT2D eigenvalue weighted by Gasteiger charge is 2.27. The molecule has 0 aromatic carbocycles. The van der Waals surface area contributed by atoms with E-state index in [-0.39, 0.29) is 5.60 Å². The summed E-state index contributed by atoms with van der Waals surface area (Å²) in [5.74, 6) is 0. The minimum atomic E-state index is 0.0360. The lowest BCUT2D eigenvalue weighted by Gasteiger charge is -2.34. The Morgan fingerprint density at radius 3 is 1.83 bits per heavy atom. The van der Waals surface area contributed by atoms with Crippen LogP contribution in [0.25, 0.3) is 0 Å². The Bertz CT molecular complexity index is 125. The van der Waals surface area contributed by atoms with Gasteiger partial charge < -0.3 is 4.74 Å². The standard InChI is InChI=1S/C11H24O/c1-7-10(3,4)9-11(5,6)12-8-2/h7-9H2,1-6H3. The molecule has 0 atom stereocenters. The van der Waals surface area contributed by atoms with Crippen LogP contribution in [-0.4, -0.2) is 12.2 Å². The summed E-state index contributed by atoms with van der Waals surface area (Å²) in [6.45, 7) is 14.1.